The van der Waals surface area contributed by atoms with Crippen LogP contribution in [0.1, 0.15) is 39.1 Å². The van der Waals surface area contributed by atoms with Crippen LogP contribution in [0, 0.1) is 6.92 Å². The molecule has 1 amide bonds. The van der Waals surface area contributed by atoms with E-state index in [0.717, 1.165) is 15.4 Å². The maximum Gasteiger partial charge on any atom is 0.338 e. The molecule has 2 heterocycles. The van der Waals surface area contributed by atoms with E-state index in [1.165, 1.54) is 11.8 Å². The van der Waals surface area contributed by atoms with Gasteiger partial charge in [0.15, 0.2) is 0 Å². The maximum absolute atomic E-state index is 13.7. The molecule has 0 fully saturated rings. The summed E-state index contributed by atoms with van der Waals surface area (Å²) < 4.78 is 11.1. The second-order valence-electron chi connectivity index (χ2n) is 7.78. The van der Waals surface area contributed by atoms with Crippen molar-refractivity contribution in [3.8, 4) is 11.5 Å². The molecule has 0 atom stereocenters. The largest absolute Gasteiger partial charge is 0.462 e. The van der Waals surface area contributed by atoms with Gasteiger partial charge in [-0.25, -0.2) is 9.78 Å². The Morgan fingerprint density at radius 1 is 1.03 bits per heavy atom. The summed E-state index contributed by atoms with van der Waals surface area (Å²) in [7, 11) is 0. The fourth-order valence-corrected chi connectivity index (χ4v) is 4.91. The zero-order valence-electron chi connectivity index (χ0n) is 18.8. The number of carbonyl (C=O) groups is 2. The van der Waals surface area contributed by atoms with Gasteiger partial charge < -0.3 is 14.1 Å². The predicted octanol–water partition coefficient (Wildman–Crippen LogP) is 6.14. The van der Waals surface area contributed by atoms with E-state index in [-0.39, 0.29) is 19.1 Å². The Kier molecular flexibility index (Phi) is 5.94. The smallest absolute Gasteiger partial charge is 0.338 e. The molecular weight excluding hydrogens is 448 g/mol. The first-order valence-electron chi connectivity index (χ1n) is 11.0. The van der Waals surface area contributed by atoms with E-state index < -0.39 is 5.97 Å². The number of benzene rings is 3. The predicted molar refractivity (Wildman–Crippen MR) is 130 cm³/mol. The monoisotopic (exact) mass is 470 g/mol. The highest BCUT2D eigenvalue weighted by Crippen LogP contribution is 2.42. The number of aryl methyl sites for hydroxylation is 1. The van der Waals surface area contributed by atoms with Crippen LogP contribution < -0.4 is 4.90 Å². The van der Waals surface area contributed by atoms with Crippen molar-refractivity contribution in [1.29, 1.82) is 0 Å². The third kappa shape index (κ3) is 4.10. The van der Waals surface area contributed by atoms with E-state index in [4.69, 9.17) is 14.1 Å². The Balaban J connectivity index is 1.59. The Morgan fingerprint density at radius 2 is 1.79 bits per heavy atom. The van der Waals surface area contributed by atoms with Crippen molar-refractivity contribution in [1.82, 2.24) is 4.98 Å². The first-order valence-corrected chi connectivity index (χ1v) is 11.8. The average Bonchev–Trinajstić information content (AvgIpc) is 3.18. The third-order valence-corrected chi connectivity index (χ3v) is 6.71. The fourth-order valence-electron chi connectivity index (χ4n) is 3.85. The van der Waals surface area contributed by atoms with Crippen molar-refractivity contribution >= 4 is 29.3 Å². The fraction of sp³-hybridized carbons (Fsp3) is 0.148. The van der Waals surface area contributed by atoms with Crippen LogP contribution in [-0.2, 0) is 11.3 Å². The molecule has 1 aliphatic rings. The number of ether oxygens (including phenoxy) is 1. The summed E-state index contributed by atoms with van der Waals surface area (Å²) in [5, 5.41) is 0. The second kappa shape index (κ2) is 9.19. The minimum absolute atomic E-state index is 0.161. The summed E-state index contributed by atoms with van der Waals surface area (Å²) in [5.74, 6) is 0.561. The number of oxazole rings is 1. The highest BCUT2D eigenvalue weighted by atomic mass is 32.2. The number of hydrogen-bond acceptors (Lipinski definition) is 6. The van der Waals surface area contributed by atoms with Gasteiger partial charge >= 0.3 is 5.97 Å². The first kappa shape index (κ1) is 22.0. The standard InChI is InChI=1S/C27H22N2O4S/c1-3-32-27(31)19-13-14-24-22(15-19)29(26(30)20-11-7-8-12-23(20)34-24)16-21-17(2)33-25(28-21)18-9-5-4-6-10-18/h4-15H,3,16H2,1-2H3. The van der Waals surface area contributed by atoms with Crippen molar-refractivity contribution in [3.63, 3.8) is 0 Å². The highest BCUT2D eigenvalue weighted by molar-refractivity contribution is 7.99. The van der Waals surface area contributed by atoms with Crippen LogP contribution in [-0.4, -0.2) is 23.5 Å². The number of esters is 1. The molecule has 0 saturated heterocycles. The minimum atomic E-state index is -0.423. The molecule has 5 rings (SSSR count). The van der Waals surface area contributed by atoms with Gasteiger partial charge in [-0.2, -0.15) is 0 Å². The number of carbonyl (C=O) groups excluding carboxylic acids is 2. The summed E-state index contributed by atoms with van der Waals surface area (Å²) in [5.41, 5.74) is 3.16. The summed E-state index contributed by atoms with van der Waals surface area (Å²) in [6, 6.07) is 22.5. The molecular formula is C27H22N2O4S. The Bertz CT molecular complexity index is 1380. The van der Waals surface area contributed by atoms with Crippen LogP contribution in [0.15, 0.2) is 87.0 Å². The topological polar surface area (TPSA) is 72.6 Å². The van der Waals surface area contributed by atoms with Crippen LogP contribution in [0.5, 0.6) is 0 Å². The van der Waals surface area contributed by atoms with E-state index in [1.807, 2.05) is 67.6 Å². The molecule has 1 aliphatic heterocycles. The van der Waals surface area contributed by atoms with Crippen LogP contribution >= 0.6 is 11.8 Å². The van der Waals surface area contributed by atoms with Gasteiger partial charge in [0, 0.05) is 15.4 Å². The Hall–Kier alpha value is -3.84. The van der Waals surface area contributed by atoms with Gasteiger partial charge in [0.2, 0.25) is 5.89 Å². The van der Waals surface area contributed by atoms with E-state index in [9.17, 15) is 9.59 Å². The Morgan fingerprint density at radius 3 is 2.59 bits per heavy atom. The number of rotatable bonds is 5. The minimum Gasteiger partial charge on any atom is -0.462 e. The summed E-state index contributed by atoms with van der Waals surface area (Å²) in [6.45, 7) is 4.09. The molecule has 6 nitrogen and oxygen atoms in total. The SMILES string of the molecule is CCOC(=O)c1ccc2c(c1)N(Cc1nc(-c3ccccc3)oc1C)C(=O)c1ccccc1S2. The lowest BCUT2D eigenvalue weighted by molar-refractivity contribution is 0.0526. The van der Waals surface area contributed by atoms with Gasteiger partial charge in [0.1, 0.15) is 11.5 Å². The van der Waals surface area contributed by atoms with E-state index in [2.05, 4.69) is 0 Å². The first-order chi connectivity index (χ1) is 16.5. The summed E-state index contributed by atoms with van der Waals surface area (Å²) in [6.07, 6.45) is 0. The van der Waals surface area contributed by atoms with Crippen molar-refractivity contribution in [2.45, 2.75) is 30.2 Å². The maximum atomic E-state index is 13.7. The van der Waals surface area contributed by atoms with Gasteiger partial charge in [-0.05, 0) is 56.3 Å². The number of amides is 1. The molecule has 4 aromatic rings. The van der Waals surface area contributed by atoms with Crippen molar-refractivity contribution < 1.29 is 18.7 Å². The van der Waals surface area contributed by atoms with Crippen molar-refractivity contribution in [2.24, 2.45) is 0 Å². The van der Waals surface area contributed by atoms with Crippen LogP contribution in [0.4, 0.5) is 5.69 Å². The van der Waals surface area contributed by atoms with Crippen LogP contribution in [0.2, 0.25) is 0 Å². The van der Waals surface area contributed by atoms with E-state index >= 15 is 0 Å². The molecule has 1 aromatic heterocycles. The molecule has 0 aliphatic carbocycles. The van der Waals surface area contributed by atoms with Crippen LogP contribution in [0.3, 0.4) is 0 Å². The van der Waals surface area contributed by atoms with Gasteiger partial charge in [0.25, 0.3) is 5.91 Å². The number of nitrogens with zero attached hydrogens (tertiary/aromatic N) is 2. The molecule has 0 bridgehead atoms. The van der Waals surface area contributed by atoms with Gasteiger partial charge in [-0.3, -0.25) is 4.79 Å². The lowest BCUT2D eigenvalue weighted by Crippen LogP contribution is -2.31. The van der Waals surface area contributed by atoms with Crippen molar-refractivity contribution in [2.75, 3.05) is 11.5 Å². The number of fused-ring (bicyclic) bond motifs is 2. The lowest BCUT2D eigenvalue weighted by Gasteiger charge is -2.23. The van der Waals surface area contributed by atoms with Gasteiger partial charge in [0.05, 0.1) is 30.0 Å². The van der Waals surface area contributed by atoms with Crippen LogP contribution in [0.25, 0.3) is 11.5 Å². The quantitative estimate of drug-likeness (QED) is 0.326. The average molecular weight is 471 g/mol. The van der Waals surface area contributed by atoms with Gasteiger partial charge in [-0.15, -0.1) is 0 Å². The molecule has 7 heteroatoms. The number of anilines is 1. The molecule has 3 aromatic carbocycles. The number of hydrogen-bond donors (Lipinski definition) is 0. The van der Waals surface area contributed by atoms with E-state index in [1.54, 1.807) is 24.0 Å². The highest BCUT2D eigenvalue weighted by Gasteiger charge is 2.30. The summed E-state index contributed by atoms with van der Waals surface area (Å²) in [4.78, 5) is 34.3. The zero-order chi connectivity index (χ0) is 23.7. The second-order valence-corrected chi connectivity index (χ2v) is 8.86. The zero-order valence-corrected chi connectivity index (χ0v) is 19.6. The number of aromatic nitrogens is 1. The molecule has 0 saturated carbocycles. The molecule has 0 radical (unpaired) electrons. The molecule has 0 N–H and O–H groups in total. The molecule has 0 unspecified atom stereocenters. The Labute approximate surface area is 201 Å². The molecule has 170 valence electrons. The summed E-state index contributed by atoms with van der Waals surface area (Å²) >= 11 is 1.50. The van der Waals surface area contributed by atoms with Gasteiger partial charge in [-0.1, -0.05) is 42.1 Å². The third-order valence-electron chi connectivity index (χ3n) is 5.56. The lowest BCUT2D eigenvalue weighted by atomic mass is 10.1. The van der Waals surface area contributed by atoms with Crippen molar-refractivity contribution in [3.05, 3.63) is 95.4 Å². The molecule has 34 heavy (non-hydrogen) atoms. The molecule has 0 spiro atoms. The van der Waals surface area contributed by atoms with E-state index in [0.29, 0.717) is 34.2 Å². The normalized spacial score (nSPS) is 12.6.